The largest absolute Gasteiger partial charge is 0.726 e. The van der Waals surface area contributed by atoms with Crippen molar-refractivity contribution in [2.24, 2.45) is 0 Å². The number of likely N-dealkylation sites (N-methyl/N-ethyl adjacent to an activating group) is 1. The van der Waals surface area contributed by atoms with Crippen LogP contribution in [0.5, 0.6) is 0 Å². The molecule has 214 valence electrons. The molecule has 10 heteroatoms. The van der Waals surface area contributed by atoms with Crippen LogP contribution in [0.3, 0.4) is 0 Å². The van der Waals surface area contributed by atoms with Gasteiger partial charge in [-0.15, -0.1) is 0 Å². The smallest absolute Gasteiger partial charge is 0.303 e. The van der Waals surface area contributed by atoms with Crippen LogP contribution in [0.25, 0.3) is 0 Å². The Balaban J connectivity index is -0.000000559. The third kappa shape index (κ3) is 43.7. The lowest BCUT2D eigenvalue weighted by atomic mass is 10.0. The Morgan fingerprint density at radius 3 is 1.26 bits per heavy atom. The van der Waals surface area contributed by atoms with E-state index >= 15 is 0 Å². The Bertz CT molecular complexity index is 534. The van der Waals surface area contributed by atoms with E-state index in [1.54, 1.807) is 0 Å². The summed E-state index contributed by atoms with van der Waals surface area (Å²) < 4.78 is 31.7. The fraction of sp³-hybridized carbons (Fsp3) is 0.960. The second-order valence-electron chi connectivity index (χ2n) is 9.50. The highest BCUT2D eigenvalue weighted by Gasteiger charge is 2.11. The van der Waals surface area contributed by atoms with E-state index < -0.39 is 16.4 Å². The third-order valence-electron chi connectivity index (χ3n) is 5.61. The van der Waals surface area contributed by atoms with Crippen LogP contribution in [0.1, 0.15) is 110 Å². The number of aliphatic carboxylic acids is 1. The summed E-state index contributed by atoms with van der Waals surface area (Å²) >= 11 is 0. The number of quaternary nitrogens is 1. The molecule has 0 fully saturated rings. The van der Waals surface area contributed by atoms with Crippen LogP contribution in [0.4, 0.5) is 0 Å². The molecule has 35 heavy (non-hydrogen) atoms. The quantitative estimate of drug-likeness (QED) is 0.0854. The highest BCUT2D eigenvalue weighted by Crippen LogP contribution is 2.13. The Labute approximate surface area is 215 Å². The molecule has 0 bridgehead atoms. The lowest BCUT2D eigenvalue weighted by Gasteiger charge is -2.27. The maximum Gasteiger partial charge on any atom is 0.303 e. The van der Waals surface area contributed by atoms with E-state index in [0.717, 1.165) is 20.0 Å². The molecule has 0 aromatic heterocycles. The lowest BCUT2D eigenvalue weighted by molar-refractivity contribution is -0.890. The molecule has 0 aromatic rings. The Morgan fingerprint density at radius 2 is 1.03 bits per heavy atom. The van der Waals surface area contributed by atoms with Crippen LogP contribution in [0.2, 0.25) is 0 Å². The van der Waals surface area contributed by atoms with Crippen LogP contribution in [-0.4, -0.2) is 86.3 Å². The minimum atomic E-state index is -4.41. The second-order valence-corrected chi connectivity index (χ2v) is 10.6. The molecule has 0 saturated heterocycles. The average molecular weight is 530 g/mol. The summed E-state index contributed by atoms with van der Waals surface area (Å²) in [5.74, 6) is -0.653. The van der Waals surface area contributed by atoms with E-state index in [2.05, 4.69) is 11.1 Å². The van der Waals surface area contributed by atoms with E-state index in [-0.39, 0.29) is 13.2 Å². The number of carboxylic acid groups (broad SMARTS) is 1. The molecule has 0 spiro atoms. The number of aliphatic hydroxyl groups excluding tert-OH is 2. The molecular weight excluding hydrogens is 474 g/mol. The summed E-state index contributed by atoms with van der Waals surface area (Å²) in [6, 6.07) is 0. The average Bonchev–Trinajstić information content (AvgIpc) is 2.76. The van der Waals surface area contributed by atoms with Crippen LogP contribution in [0.15, 0.2) is 0 Å². The zero-order valence-electron chi connectivity index (χ0n) is 22.9. The number of hydrogen-bond acceptors (Lipinski definition) is 7. The van der Waals surface area contributed by atoms with Crippen molar-refractivity contribution < 1.29 is 41.8 Å². The molecule has 0 unspecified atom stereocenters. The first-order valence-corrected chi connectivity index (χ1v) is 14.6. The summed E-state index contributed by atoms with van der Waals surface area (Å²) in [5, 5.41) is 25.6. The number of aliphatic hydroxyl groups is 2. The first-order valence-electron chi connectivity index (χ1n) is 13.2. The first kappa shape index (κ1) is 38.7. The van der Waals surface area contributed by atoms with Gasteiger partial charge < -0.3 is 24.4 Å². The molecule has 0 rings (SSSR count). The summed E-state index contributed by atoms with van der Waals surface area (Å²) in [6.45, 7) is 4.06. The second kappa shape index (κ2) is 27.8. The van der Waals surface area contributed by atoms with Crippen LogP contribution < -0.4 is 0 Å². The zero-order valence-corrected chi connectivity index (χ0v) is 23.7. The van der Waals surface area contributed by atoms with Crippen molar-refractivity contribution in [2.45, 2.75) is 110 Å². The SMILES string of the molecule is CCCCCCCCCCCCCCCCCC(=O)O.COS(=O)(=O)[O-].C[N+](C)(CCO)CCO. The van der Waals surface area contributed by atoms with Gasteiger partial charge in [0.2, 0.25) is 10.4 Å². The minimum Gasteiger partial charge on any atom is -0.726 e. The van der Waals surface area contributed by atoms with Crippen molar-refractivity contribution in [3.63, 3.8) is 0 Å². The number of rotatable bonds is 21. The highest BCUT2D eigenvalue weighted by atomic mass is 32.3. The van der Waals surface area contributed by atoms with Crippen LogP contribution in [0, 0.1) is 0 Å². The summed E-state index contributed by atoms with van der Waals surface area (Å²) in [5.41, 5.74) is 0. The standard InChI is InChI=1S/C18H36O2.C6H16NO2.CH4O4S/c1-2-3-4-5-6-7-8-9-10-11-12-13-14-15-16-17-18(19)20;1-7(2,3-5-8)4-6-9;1-5-6(2,3)4/h2-17H2,1H3,(H,19,20);8-9H,3-6H2,1-2H3;1H3,(H,2,3,4)/q;+1;/p-1. The maximum absolute atomic E-state index is 10.3. The Kier molecular flexibility index (Phi) is 30.8. The van der Waals surface area contributed by atoms with E-state index in [1.807, 2.05) is 14.1 Å². The maximum atomic E-state index is 10.3. The summed E-state index contributed by atoms with van der Waals surface area (Å²) in [7, 11) is 0.353. The minimum absolute atomic E-state index is 0.188. The van der Waals surface area contributed by atoms with E-state index in [0.29, 0.717) is 24.0 Å². The molecule has 0 aliphatic heterocycles. The topological polar surface area (TPSA) is 144 Å². The monoisotopic (exact) mass is 529 g/mol. The van der Waals surface area contributed by atoms with Crippen LogP contribution in [-0.2, 0) is 19.4 Å². The van der Waals surface area contributed by atoms with Crippen molar-refractivity contribution in [3.8, 4) is 0 Å². The molecule has 0 aliphatic rings. The number of carbonyl (C=O) groups is 1. The Hall–Kier alpha value is -0.780. The van der Waals surface area contributed by atoms with Gasteiger partial charge >= 0.3 is 5.97 Å². The number of unbranched alkanes of at least 4 members (excludes halogenated alkanes) is 14. The molecule has 9 nitrogen and oxygen atoms in total. The van der Waals surface area contributed by atoms with Gasteiger partial charge in [0.25, 0.3) is 0 Å². The third-order valence-corrected chi connectivity index (χ3v) is 6.02. The van der Waals surface area contributed by atoms with E-state index in [1.165, 1.54) is 83.5 Å². The fourth-order valence-corrected chi connectivity index (χ4v) is 3.30. The fourth-order valence-electron chi connectivity index (χ4n) is 3.30. The van der Waals surface area contributed by atoms with Gasteiger partial charge in [0.15, 0.2) is 0 Å². The molecule has 0 atom stereocenters. The van der Waals surface area contributed by atoms with Gasteiger partial charge in [-0.1, -0.05) is 96.8 Å². The molecule has 0 saturated carbocycles. The number of carboxylic acids is 1. The van der Waals surface area contributed by atoms with Crippen molar-refractivity contribution in [3.05, 3.63) is 0 Å². The molecule has 0 heterocycles. The molecular formula is C25H55NO8S. The molecule has 0 aliphatic carbocycles. The van der Waals surface area contributed by atoms with E-state index in [9.17, 15) is 17.8 Å². The molecule has 0 aromatic carbocycles. The number of nitrogens with zero attached hydrogens (tertiary/aromatic N) is 1. The first-order chi connectivity index (χ1) is 16.5. The molecule has 3 N–H and O–H groups in total. The highest BCUT2D eigenvalue weighted by molar-refractivity contribution is 7.80. The Morgan fingerprint density at radius 1 is 0.743 bits per heavy atom. The van der Waals surface area contributed by atoms with E-state index in [4.69, 9.17) is 15.3 Å². The molecule has 0 radical (unpaired) electrons. The van der Waals surface area contributed by atoms with Gasteiger partial charge in [0.1, 0.15) is 13.1 Å². The predicted molar refractivity (Wildman–Crippen MR) is 140 cm³/mol. The zero-order chi connectivity index (χ0) is 27.4. The van der Waals surface area contributed by atoms with Crippen molar-refractivity contribution in [2.75, 3.05) is 47.5 Å². The summed E-state index contributed by atoms with van der Waals surface area (Å²) in [6.07, 6.45) is 20.2. The van der Waals surface area contributed by atoms with Gasteiger partial charge in [0, 0.05) is 6.42 Å². The van der Waals surface area contributed by atoms with Crippen molar-refractivity contribution in [1.82, 2.24) is 0 Å². The van der Waals surface area contributed by atoms with Crippen molar-refractivity contribution >= 4 is 16.4 Å². The van der Waals surface area contributed by atoms with Gasteiger partial charge in [-0.2, -0.15) is 0 Å². The van der Waals surface area contributed by atoms with Gasteiger partial charge in [-0.3, -0.25) is 8.98 Å². The van der Waals surface area contributed by atoms with Gasteiger partial charge in [-0.25, -0.2) is 8.42 Å². The predicted octanol–water partition coefficient (Wildman–Crippen LogP) is 4.47. The van der Waals surface area contributed by atoms with Gasteiger partial charge in [-0.05, 0) is 6.42 Å². The molecule has 0 amide bonds. The number of hydrogen-bond donors (Lipinski definition) is 3. The van der Waals surface area contributed by atoms with Gasteiger partial charge in [0.05, 0.1) is 34.4 Å². The van der Waals surface area contributed by atoms with Crippen LogP contribution >= 0.6 is 0 Å². The van der Waals surface area contributed by atoms with Crippen molar-refractivity contribution in [1.29, 1.82) is 0 Å². The lowest BCUT2D eigenvalue weighted by Crippen LogP contribution is -2.43. The summed E-state index contributed by atoms with van der Waals surface area (Å²) in [4.78, 5) is 10.3. The normalized spacial score (nSPS) is 11.3.